The fourth-order valence-corrected chi connectivity index (χ4v) is 4.17. The molecule has 1 N–H and O–H groups in total. The van der Waals surface area contributed by atoms with E-state index in [-0.39, 0.29) is 18.4 Å². The number of nitrogens with zero attached hydrogens (tertiary/aromatic N) is 3. The van der Waals surface area contributed by atoms with Crippen molar-refractivity contribution in [1.82, 2.24) is 4.90 Å². The largest absolute Gasteiger partial charge is 0.481 e. The summed E-state index contributed by atoms with van der Waals surface area (Å²) in [5.74, 6) is -0.402. The van der Waals surface area contributed by atoms with Crippen molar-refractivity contribution in [2.45, 2.75) is 58.1 Å². The standard InChI is InChI=1S/C22H31N3O4/c1-3-19-11-17(12-22(26)27)9-10-25(19)15-20-13-21(24-29-20)18-7-5-16(6-8-18)14-23-28-4-2/h5-8,14,17,19-20H,3-4,9-13,15H2,1-2H3,(H,26,27). The normalized spacial score (nSPS) is 25.0. The average Bonchev–Trinajstić information content (AvgIpc) is 3.18. The van der Waals surface area contributed by atoms with E-state index in [2.05, 4.69) is 22.1 Å². The number of benzene rings is 1. The van der Waals surface area contributed by atoms with Crippen molar-refractivity contribution in [3.63, 3.8) is 0 Å². The molecule has 0 bridgehead atoms. The Balaban J connectivity index is 1.51. The molecule has 158 valence electrons. The van der Waals surface area contributed by atoms with Crippen molar-refractivity contribution in [2.75, 3.05) is 19.7 Å². The lowest BCUT2D eigenvalue weighted by molar-refractivity contribution is -0.138. The van der Waals surface area contributed by atoms with Gasteiger partial charge in [-0.2, -0.15) is 0 Å². The molecule has 2 aliphatic heterocycles. The minimum atomic E-state index is -0.689. The first kappa shape index (κ1) is 21.3. The number of likely N-dealkylation sites (tertiary alicyclic amines) is 1. The summed E-state index contributed by atoms with van der Waals surface area (Å²) in [5, 5.41) is 17.3. The van der Waals surface area contributed by atoms with Gasteiger partial charge in [-0.05, 0) is 49.8 Å². The van der Waals surface area contributed by atoms with E-state index in [1.807, 2.05) is 31.2 Å². The van der Waals surface area contributed by atoms with E-state index in [4.69, 9.17) is 14.8 Å². The van der Waals surface area contributed by atoms with Gasteiger partial charge in [-0.3, -0.25) is 9.69 Å². The first-order chi connectivity index (χ1) is 14.1. The number of carboxylic acids is 1. The van der Waals surface area contributed by atoms with Crippen molar-refractivity contribution < 1.29 is 19.6 Å². The molecule has 29 heavy (non-hydrogen) atoms. The summed E-state index contributed by atoms with van der Waals surface area (Å²) in [5.41, 5.74) is 3.01. The van der Waals surface area contributed by atoms with Gasteiger partial charge in [0.25, 0.3) is 0 Å². The van der Waals surface area contributed by atoms with Gasteiger partial charge in [0.05, 0.1) is 11.9 Å². The van der Waals surface area contributed by atoms with Crippen LogP contribution >= 0.6 is 0 Å². The van der Waals surface area contributed by atoms with Crippen molar-refractivity contribution in [3.8, 4) is 0 Å². The summed E-state index contributed by atoms with van der Waals surface area (Å²) >= 11 is 0. The van der Waals surface area contributed by atoms with Crippen LogP contribution in [0.1, 0.15) is 57.1 Å². The van der Waals surface area contributed by atoms with Crippen LogP contribution in [0.3, 0.4) is 0 Å². The van der Waals surface area contributed by atoms with Crippen LogP contribution < -0.4 is 0 Å². The summed E-state index contributed by atoms with van der Waals surface area (Å²) < 4.78 is 0. The smallest absolute Gasteiger partial charge is 0.303 e. The third-order valence-electron chi connectivity index (χ3n) is 5.70. The second-order valence-electron chi connectivity index (χ2n) is 7.79. The predicted octanol–water partition coefficient (Wildman–Crippen LogP) is 3.52. The summed E-state index contributed by atoms with van der Waals surface area (Å²) in [6.07, 6.45) is 5.74. The molecule has 1 aromatic carbocycles. The fourth-order valence-electron chi connectivity index (χ4n) is 4.17. The minimum absolute atomic E-state index is 0.0502. The summed E-state index contributed by atoms with van der Waals surface area (Å²) in [7, 11) is 0. The number of aliphatic carboxylic acids is 1. The SMILES string of the molecule is CCON=Cc1ccc(C2=NOC(CN3CCC(CC(=O)O)CC3CC)C2)cc1. The van der Waals surface area contributed by atoms with Gasteiger partial charge in [0.1, 0.15) is 12.7 Å². The Kier molecular flexibility index (Phi) is 7.63. The van der Waals surface area contributed by atoms with Crippen LogP contribution in [0.25, 0.3) is 0 Å². The predicted molar refractivity (Wildman–Crippen MR) is 112 cm³/mol. The molecule has 0 amide bonds. The monoisotopic (exact) mass is 401 g/mol. The molecular formula is C22H31N3O4. The first-order valence-electron chi connectivity index (χ1n) is 10.5. The third kappa shape index (κ3) is 6.03. The maximum Gasteiger partial charge on any atom is 0.303 e. The Hall–Kier alpha value is -2.41. The molecule has 1 aromatic rings. The molecular weight excluding hydrogens is 370 g/mol. The molecule has 3 unspecified atom stereocenters. The molecule has 0 aliphatic carbocycles. The topological polar surface area (TPSA) is 83.7 Å². The Morgan fingerprint density at radius 3 is 2.86 bits per heavy atom. The molecule has 0 aromatic heterocycles. The highest BCUT2D eigenvalue weighted by Gasteiger charge is 2.32. The van der Waals surface area contributed by atoms with Crippen molar-refractivity contribution in [2.24, 2.45) is 16.2 Å². The number of rotatable bonds is 9. The molecule has 7 nitrogen and oxygen atoms in total. The highest BCUT2D eigenvalue weighted by atomic mass is 16.6. The maximum absolute atomic E-state index is 11.0. The number of oxime groups is 2. The zero-order valence-electron chi connectivity index (χ0n) is 17.3. The molecule has 3 rings (SSSR count). The molecule has 1 saturated heterocycles. The number of carboxylic acid groups (broad SMARTS) is 1. The quantitative estimate of drug-likeness (QED) is 0.506. The number of hydrogen-bond acceptors (Lipinski definition) is 6. The highest BCUT2D eigenvalue weighted by molar-refractivity contribution is 6.01. The molecule has 2 heterocycles. The zero-order valence-corrected chi connectivity index (χ0v) is 17.3. The molecule has 7 heteroatoms. The van der Waals surface area contributed by atoms with Crippen molar-refractivity contribution in [1.29, 1.82) is 0 Å². The van der Waals surface area contributed by atoms with E-state index in [0.29, 0.717) is 12.6 Å². The van der Waals surface area contributed by atoms with E-state index in [9.17, 15) is 4.79 Å². The van der Waals surface area contributed by atoms with E-state index < -0.39 is 5.97 Å². The Morgan fingerprint density at radius 1 is 1.38 bits per heavy atom. The van der Waals surface area contributed by atoms with Crippen LogP contribution in [0.4, 0.5) is 0 Å². The van der Waals surface area contributed by atoms with Crippen LogP contribution in [0.2, 0.25) is 0 Å². The zero-order chi connectivity index (χ0) is 20.6. The summed E-state index contributed by atoms with van der Waals surface area (Å²) in [6.45, 7) is 6.40. The third-order valence-corrected chi connectivity index (χ3v) is 5.70. The lowest BCUT2D eigenvalue weighted by Gasteiger charge is -2.39. The Labute approximate surface area is 172 Å². The lowest BCUT2D eigenvalue weighted by Crippen LogP contribution is -2.46. The van der Waals surface area contributed by atoms with E-state index in [0.717, 1.165) is 55.6 Å². The van der Waals surface area contributed by atoms with Crippen LogP contribution in [-0.4, -0.2) is 59.7 Å². The Bertz CT molecular complexity index is 732. The van der Waals surface area contributed by atoms with E-state index in [1.54, 1.807) is 6.21 Å². The van der Waals surface area contributed by atoms with E-state index >= 15 is 0 Å². The van der Waals surface area contributed by atoms with Crippen molar-refractivity contribution in [3.05, 3.63) is 35.4 Å². The molecule has 0 radical (unpaired) electrons. The number of piperidine rings is 1. The highest BCUT2D eigenvalue weighted by Crippen LogP contribution is 2.29. The van der Waals surface area contributed by atoms with Gasteiger partial charge in [0, 0.05) is 25.4 Å². The average molecular weight is 402 g/mol. The number of hydrogen-bond donors (Lipinski definition) is 1. The van der Waals surface area contributed by atoms with Gasteiger partial charge in [-0.1, -0.05) is 41.5 Å². The molecule has 2 aliphatic rings. The van der Waals surface area contributed by atoms with Gasteiger partial charge in [-0.15, -0.1) is 0 Å². The van der Waals surface area contributed by atoms with Crippen LogP contribution in [0.15, 0.2) is 34.6 Å². The van der Waals surface area contributed by atoms with Gasteiger partial charge < -0.3 is 14.8 Å². The first-order valence-corrected chi connectivity index (χ1v) is 10.5. The van der Waals surface area contributed by atoms with Gasteiger partial charge in [-0.25, -0.2) is 0 Å². The molecule has 0 saturated carbocycles. The Morgan fingerprint density at radius 2 is 2.17 bits per heavy atom. The van der Waals surface area contributed by atoms with E-state index in [1.165, 1.54) is 0 Å². The second kappa shape index (κ2) is 10.4. The van der Waals surface area contributed by atoms with Crippen LogP contribution in [0, 0.1) is 5.92 Å². The van der Waals surface area contributed by atoms with Crippen molar-refractivity contribution >= 4 is 17.9 Å². The maximum atomic E-state index is 11.0. The van der Waals surface area contributed by atoms with Crippen LogP contribution in [-0.2, 0) is 14.5 Å². The molecule has 0 spiro atoms. The molecule has 3 atom stereocenters. The van der Waals surface area contributed by atoms with Gasteiger partial charge in [0.2, 0.25) is 0 Å². The molecule has 1 fully saturated rings. The second-order valence-corrected chi connectivity index (χ2v) is 7.79. The van der Waals surface area contributed by atoms with Crippen LogP contribution in [0.5, 0.6) is 0 Å². The summed E-state index contributed by atoms with van der Waals surface area (Å²) in [4.78, 5) is 24.2. The van der Waals surface area contributed by atoms with Gasteiger partial charge in [0.15, 0.2) is 0 Å². The number of carbonyl (C=O) groups is 1. The minimum Gasteiger partial charge on any atom is -0.481 e. The fraction of sp³-hybridized carbons (Fsp3) is 0.591. The summed E-state index contributed by atoms with van der Waals surface area (Å²) in [6, 6.07) is 8.47. The van der Waals surface area contributed by atoms with Gasteiger partial charge >= 0.3 is 5.97 Å². The lowest BCUT2D eigenvalue weighted by atomic mass is 9.87.